The van der Waals surface area contributed by atoms with Crippen LogP contribution in [0.15, 0.2) is 12.1 Å². The van der Waals surface area contributed by atoms with Gasteiger partial charge in [0.25, 0.3) is 0 Å². The minimum absolute atomic E-state index is 0.0739. The number of carbonyl (C=O) groups is 2. The van der Waals surface area contributed by atoms with Crippen LogP contribution >= 0.6 is 0 Å². The summed E-state index contributed by atoms with van der Waals surface area (Å²) in [7, 11) is 0. The molecule has 44 heavy (non-hydrogen) atoms. The Bertz CT molecular complexity index is 1250. The summed E-state index contributed by atoms with van der Waals surface area (Å²) in [4.78, 5) is 41.9. The van der Waals surface area contributed by atoms with Gasteiger partial charge in [0.2, 0.25) is 0 Å². The largest absolute Gasteiger partial charge is 0.461 e. The lowest BCUT2D eigenvalue weighted by Gasteiger charge is -2.34. The first-order valence-electron chi connectivity index (χ1n) is 16.0. The van der Waals surface area contributed by atoms with Crippen LogP contribution in [0.1, 0.15) is 81.4 Å². The van der Waals surface area contributed by atoms with Crippen molar-refractivity contribution in [3.8, 4) is 0 Å². The topological polar surface area (TPSA) is 140 Å². The Morgan fingerprint density at radius 3 is 2.64 bits per heavy atom. The van der Waals surface area contributed by atoms with E-state index in [2.05, 4.69) is 44.9 Å². The van der Waals surface area contributed by atoms with Gasteiger partial charge in [0.1, 0.15) is 35.9 Å². The summed E-state index contributed by atoms with van der Waals surface area (Å²) in [5.41, 5.74) is 3.35. The molecule has 4 heterocycles. The number of fused-ring (bicyclic) bond motifs is 1. The number of hydrogen-bond acceptors (Lipinski definition) is 11. The number of ether oxygens (including phenoxy) is 3. The molecule has 0 radical (unpaired) electrons. The highest BCUT2D eigenvalue weighted by molar-refractivity contribution is 5.82. The van der Waals surface area contributed by atoms with Crippen molar-refractivity contribution in [2.45, 2.75) is 91.2 Å². The third-order valence-corrected chi connectivity index (χ3v) is 7.87. The van der Waals surface area contributed by atoms with E-state index < -0.39 is 18.1 Å². The Labute approximate surface area is 261 Å². The quantitative estimate of drug-likeness (QED) is 0.205. The van der Waals surface area contributed by atoms with Crippen LogP contribution in [0.4, 0.5) is 22.2 Å². The van der Waals surface area contributed by atoms with Gasteiger partial charge in [-0.2, -0.15) is 0 Å². The van der Waals surface area contributed by atoms with Gasteiger partial charge in [0.15, 0.2) is 0 Å². The zero-order valence-corrected chi connectivity index (χ0v) is 26.9. The van der Waals surface area contributed by atoms with E-state index in [0.29, 0.717) is 30.8 Å². The molecule has 3 N–H and O–H groups in total. The van der Waals surface area contributed by atoms with Crippen LogP contribution in [0.3, 0.4) is 0 Å². The normalized spacial score (nSPS) is 15.7. The highest BCUT2D eigenvalue weighted by atomic mass is 16.6. The first-order valence-corrected chi connectivity index (χ1v) is 16.0. The molecule has 0 unspecified atom stereocenters. The summed E-state index contributed by atoms with van der Waals surface area (Å²) >= 11 is 0. The second-order valence-corrected chi connectivity index (χ2v) is 11.8. The third-order valence-electron chi connectivity index (χ3n) is 7.87. The van der Waals surface area contributed by atoms with E-state index in [-0.39, 0.29) is 19.3 Å². The van der Waals surface area contributed by atoms with E-state index in [0.717, 1.165) is 81.1 Å². The molecular weight excluding hydrogens is 562 g/mol. The lowest BCUT2D eigenvalue weighted by atomic mass is 9.92. The molecule has 0 aromatic carbocycles. The molecule has 2 aromatic rings. The van der Waals surface area contributed by atoms with Gasteiger partial charge in [0.05, 0.1) is 12.7 Å². The van der Waals surface area contributed by atoms with Gasteiger partial charge in [-0.1, -0.05) is 19.4 Å². The van der Waals surface area contributed by atoms with Crippen molar-refractivity contribution in [3.05, 3.63) is 34.8 Å². The van der Waals surface area contributed by atoms with Crippen molar-refractivity contribution in [2.24, 2.45) is 0 Å². The molecule has 0 bridgehead atoms. The Hall–Kier alpha value is -3.67. The average molecular weight is 612 g/mol. The predicted octanol–water partition coefficient (Wildman–Crippen LogP) is 4.51. The van der Waals surface area contributed by atoms with Crippen LogP contribution in [-0.4, -0.2) is 85.2 Å². The van der Waals surface area contributed by atoms with Crippen LogP contribution in [-0.2, 0) is 25.4 Å². The first-order chi connectivity index (χ1) is 21.2. The van der Waals surface area contributed by atoms with Crippen molar-refractivity contribution in [1.82, 2.24) is 20.3 Å². The summed E-state index contributed by atoms with van der Waals surface area (Å²) in [6.07, 6.45) is 5.15. The number of nitrogens with zero attached hydrogens (tertiary/aromatic N) is 4. The lowest BCUT2D eigenvalue weighted by molar-refractivity contribution is -0.149. The SMILES string of the molecule is CCCCOCCOC(=O)N[C@@H](CNc1nc(C)nc(N2CCC(c3ccc4c(n3)NCCC4)CC2)c1C)C(=O)OC(C)C. The van der Waals surface area contributed by atoms with E-state index >= 15 is 0 Å². The molecule has 0 spiro atoms. The number of esters is 1. The smallest absolute Gasteiger partial charge is 0.407 e. The van der Waals surface area contributed by atoms with Gasteiger partial charge in [0, 0.05) is 50.0 Å². The van der Waals surface area contributed by atoms with Crippen molar-refractivity contribution in [1.29, 1.82) is 0 Å². The third kappa shape index (κ3) is 9.41. The molecule has 1 saturated heterocycles. The minimum Gasteiger partial charge on any atom is -0.461 e. The maximum absolute atomic E-state index is 12.8. The van der Waals surface area contributed by atoms with Crippen molar-refractivity contribution in [2.75, 3.05) is 61.5 Å². The molecule has 12 heteroatoms. The average Bonchev–Trinajstić information content (AvgIpc) is 3.01. The van der Waals surface area contributed by atoms with E-state index in [4.69, 9.17) is 24.2 Å². The zero-order chi connectivity index (χ0) is 31.5. The van der Waals surface area contributed by atoms with Gasteiger partial charge in [-0.3, -0.25) is 0 Å². The highest BCUT2D eigenvalue weighted by Crippen LogP contribution is 2.33. The van der Waals surface area contributed by atoms with Gasteiger partial charge in [-0.25, -0.2) is 24.5 Å². The first kappa shape index (κ1) is 33.2. The van der Waals surface area contributed by atoms with Crippen molar-refractivity contribution < 1.29 is 23.8 Å². The lowest BCUT2D eigenvalue weighted by Crippen LogP contribution is -2.47. The number of alkyl carbamates (subject to hydrolysis) is 1. The van der Waals surface area contributed by atoms with Crippen LogP contribution in [0.25, 0.3) is 0 Å². The second kappa shape index (κ2) is 16.4. The number of amides is 1. The number of pyridine rings is 1. The Balaban J connectivity index is 1.36. The molecule has 12 nitrogen and oxygen atoms in total. The van der Waals surface area contributed by atoms with E-state index in [9.17, 15) is 9.59 Å². The number of anilines is 3. The molecule has 0 aliphatic carbocycles. The van der Waals surface area contributed by atoms with Crippen LogP contribution in [0.2, 0.25) is 0 Å². The molecule has 0 saturated carbocycles. The number of carbonyl (C=O) groups excluding carboxylic acids is 2. The van der Waals surface area contributed by atoms with Gasteiger partial charge in [-0.15, -0.1) is 0 Å². The standard InChI is InChI=1S/C32H49N7O5/c1-6-7-17-42-18-19-43-32(41)38-27(31(40)44-21(2)3)20-34-28-22(4)30(36-23(5)35-28)39-15-12-24(13-16-39)26-11-10-25-9-8-14-33-29(25)37-26/h10-11,21,24,27H,6-9,12-20H2,1-5H3,(H,33,37)(H,38,41)(H,34,35,36)/t27-/m0/s1. The summed E-state index contributed by atoms with van der Waals surface area (Å²) in [6, 6.07) is 3.45. The van der Waals surface area contributed by atoms with Crippen molar-refractivity contribution in [3.63, 3.8) is 0 Å². The Morgan fingerprint density at radius 1 is 1.09 bits per heavy atom. The number of aromatic nitrogens is 3. The fourth-order valence-corrected chi connectivity index (χ4v) is 5.48. The number of nitrogens with one attached hydrogen (secondary N) is 3. The Morgan fingerprint density at radius 2 is 1.89 bits per heavy atom. The molecule has 2 aromatic heterocycles. The monoisotopic (exact) mass is 611 g/mol. The number of piperidine rings is 1. The molecule has 1 amide bonds. The Kier molecular flexibility index (Phi) is 12.4. The van der Waals surface area contributed by atoms with Crippen molar-refractivity contribution >= 4 is 29.5 Å². The fraction of sp³-hybridized carbons (Fsp3) is 0.656. The molecule has 1 atom stereocenters. The number of hydrogen-bond donors (Lipinski definition) is 3. The summed E-state index contributed by atoms with van der Waals surface area (Å²) < 4.78 is 16.1. The number of aryl methyl sites for hydroxylation is 2. The zero-order valence-electron chi connectivity index (χ0n) is 26.9. The van der Waals surface area contributed by atoms with Gasteiger partial charge >= 0.3 is 12.1 Å². The van der Waals surface area contributed by atoms with Crippen LogP contribution in [0.5, 0.6) is 0 Å². The summed E-state index contributed by atoms with van der Waals surface area (Å²) in [5, 5.41) is 9.33. The molecular formula is C32H49N7O5. The fourth-order valence-electron chi connectivity index (χ4n) is 5.48. The molecule has 1 fully saturated rings. The second-order valence-electron chi connectivity index (χ2n) is 11.8. The predicted molar refractivity (Wildman–Crippen MR) is 170 cm³/mol. The van der Waals surface area contributed by atoms with Crippen LogP contribution < -0.4 is 20.9 Å². The maximum Gasteiger partial charge on any atom is 0.407 e. The number of rotatable bonds is 14. The number of unbranched alkanes of at least 4 members (excludes halogenated alkanes) is 1. The van der Waals surface area contributed by atoms with Crippen LogP contribution in [0, 0.1) is 13.8 Å². The van der Waals surface area contributed by atoms with Gasteiger partial charge in [-0.05, 0) is 71.4 Å². The van der Waals surface area contributed by atoms with E-state index in [1.807, 2.05) is 13.8 Å². The summed E-state index contributed by atoms with van der Waals surface area (Å²) in [5.74, 6) is 3.00. The molecule has 242 valence electrons. The van der Waals surface area contributed by atoms with E-state index in [1.165, 1.54) is 5.56 Å². The van der Waals surface area contributed by atoms with E-state index in [1.54, 1.807) is 13.8 Å². The highest BCUT2D eigenvalue weighted by Gasteiger charge is 2.27. The van der Waals surface area contributed by atoms with Gasteiger partial charge < -0.3 is 35.1 Å². The summed E-state index contributed by atoms with van der Waals surface area (Å²) in [6.45, 7) is 13.2. The molecule has 2 aliphatic rings. The molecule has 4 rings (SSSR count). The maximum atomic E-state index is 12.8. The minimum atomic E-state index is -0.974. The molecule has 2 aliphatic heterocycles.